The smallest absolute Gasteiger partial charge is 0.270 e. The van der Waals surface area contributed by atoms with E-state index in [1.165, 1.54) is 0 Å². The van der Waals surface area contributed by atoms with E-state index >= 15 is 0 Å². The quantitative estimate of drug-likeness (QED) is 0.699. The number of fused-ring (bicyclic) bond motifs is 2. The molecule has 3 aromatic rings. The standard InChI is InChI=1S/C20H17N3O3/c1-12-8-17(16-4-2-3-5-18(16)21-12)20(25)23-22-19(24)13-6-7-14-10-26-11-15(14)9-13/h2-9H,10-11H2,1H3,(H,22,24)(H,23,25). The van der Waals surface area contributed by atoms with Gasteiger partial charge in [0.25, 0.3) is 11.8 Å². The van der Waals surface area contributed by atoms with Crippen LogP contribution in [0, 0.1) is 6.92 Å². The van der Waals surface area contributed by atoms with E-state index in [1.807, 2.05) is 37.3 Å². The molecule has 0 aliphatic carbocycles. The molecular weight excluding hydrogens is 330 g/mol. The molecule has 6 nitrogen and oxygen atoms in total. The van der Waals surface area contributed by atoms with Crippen LogP contribution in [0.4, 0.5) is 0 Å². The number of pyridine rings is 1. The van der Waals surface area contributed by atoms with Crippen molar-refractivity contribution in [2.45, 2.75) is 20.1 Å². The van der Waals surface area contributed by atoms with Crippen LogP contribution in [-0.4, -0.2) is 16.8 Å². The van der Waals surface area contributed by atoms with Crippen molar-refractivity contribution in [3.63, 3.8) is 0 Å². The number of para-hydroxylation sites is 1. The first kappa shape index (κ1) is 16.2. The summed E-state index contributed by atoms with van der Waals surface area (Å²) in [7, 11) is 0. The Balaban J connectivity index is 1.51. The Kier molecular flexibility index (Phi) is 4.10. The van der Waals surface area contributed by atoms with E-state index in [0.29, 0.717) is 24.3 Å². The van der Waals surface area contributed by atoms with Crippen molar-refractivity contribution in [1.29, 1.82) is 0 Å². The number of carbonyl (C=O) groups is 2. The van der Waals surface area contributed by atoms with E-state index in [9.17, 15) is 9.59 Å². The van der Waals surface area contributed by atoms with Crippen LogP contribution >= 0.6 is 0 Å². The molecule has 26 heavy (non-hydrogen) atoms. The zero-order valence-electron chi connectivity index (χ0n) is 14.2. The number of hydrazine groups is 1. The normalized spacial score (nSPS) is 12.7. The monoisotopic (exact) mass is 347 g/mol. The molecule has 0 saturated carbocycles. The average molecular weight is 347 g/mol. The third-order valence-electron chi connectivity index (χ3n) is 4.36. The van der Waals surface area contributed by atoms with Gasteiger partial charge in [0.15, 0.2) is 0 Å². The number of aryl methyl sites for hydroxylation is 1. The number of aromatic nitrogens is 1. The van der Waals surface area contributed by atoms with Gasteiger partial charge in [-0.05, 0) is 42.3 Å². The van der Waals surface area contributed by atoms with E-state index in [2.05, 4.69) is 15.8 Å². The van der Waals surface area contributed by atoms with Crippen LogP contribution in [0.25, 0.3) is 10.9 Å². The predicted molar refractivity (Wildman–Crippen MR) is 96.3 cm³/mol. The van der Waals surface area contributed by atoms with E-state index in [0.717, 1.165) is 27.7 Å². The maximum atomic E-state index is 12.6. The van der Waals surface area contributed by atoms with Crippen molar-refractivity contribution in [2.75, 3.05) is 0 Å². The lowest BCUT2D eigenvalue weighted by atomic mass is 10.1. The highest BCUT2D eigenvalue weighted by atomic mass is 16.5. The van der Waals surface area contributed by atoms with Crippen LogP contribution in [0.2, 0.25) is 0 Å². The minimum atomic E-state index is -0.385. The molecule has 2 amide bonds. The van der Waals surface area contributed by atoms with E-state index in [-0.39, 0.29) is 11.8 Å². The highest BCUT2D eigenvalue weighted by molar-refractivity contribution is 6.07. The van der Waals surface area contributed by atoms with Gasteiger partial charge in [-0.15, -0.1) is 0 Å². The topological polar surface area (TPSA) is 80.3 Å². The number of amides is 2. The first-order valence-corrected chi connectivity index (χ1v) is 8.28. The summed E-state index contributed by atoms with van der Waals surface area (Å²) in [6.07, 6.45) is 0. The average Bonchev–Trinajstić information content (AvgIpc) is 3.12. The second-order valence-corrected chi connectivity index (χ2v) is 6.21. The number of hydrogen-bond acceptors (Lipinski definition) is 4. The van der Waals surface area contributed by atoms with Gasteiger partial charge in [-0.2, -0.15) is 0 Å². The Hall–Kier alpha value is -3.25. The predicted octanol–water partition coefficient (Wildman–Crippen LogP) is 2.65. The van der Waals surface area contributed by atoms with E-state index in [4.69, 9.17) is 4.74 Å². The lowest BCUT2D eigenvalue weighted by molar-refractivity contribution is 0.0847. The van der Waals surface area contributed by atoms with Crippen LogP contribution in [0.5, 0.6) is 0 Å². The lowest BCUT2D eigenvalue weighted by Crippen LogP contribution is -2.41. The number of rotatable bonds is 2. The molecule has 2 N–H and O–H groups in total. The molecule has 130 valence electrons. The summed E-state index contributed by atoms with van der Waals surface area (Å²) in [5.74, 6) is -0.757. The van der Waals surface area contributed by atoms with Crippen molar-refractivity contribution in [3.05, 3.63) is 76.5 Å². The van der Waals surface area contributed by atoms with Crippen LogP contribution < -0.4 is 10.9 Å². The third-order valence-corrected chi connectivity index (χ3v) is 4.36. The molecule has 0 unspecified atom stereocenters. The van der Waals surface area contributed by atoms with Crippen molar-refractivity contribution in [1.82, 2.24) is 15.8 Å². The van der Waals surface area contributed by atoms with Crippen molar-refractivity contribution in [3.8, 4) is 0 Å². The fourth-order valence-corrected chi connectivity index (χ4v) is 3.06. The van der Waals surface area contributed by atoms with Gasteiger partial charge < -0.3 is 4.74 Å². The van der Waals surface area contributed by atoms with Gasteiger partial charge in [-0.3, -0.25) is 25.4 Å². The minimum Gasteiger partial charge on any atom is -0.372 e. The maximum absolute atomic E-state index is 12.6. The summed E-state index contributed by atoms with van der Waals surface area (Å²) in [4.78, 5) is 29.3. The summed E-state index contributed by atoms with van der Waals surface area (Å²) < 4.78 is 5.35. The molecule has 0 fully saturated rings. The zero-order valence-corrected chi connectivity index (χ0v) is 14.2. The fraction of sp³-hybridized carbons (Fsp3) is 0.150. The van der Waals surface area contributed by atoms with Gasteiger partial charge in [-0.1, -0.05) is 24.3 Å². The molecule has 6 heteroatoms. The van der Waals surface area contributed by atoms with Crippen LogP contribution in [0.3, 0.4) is 0 Å². The molecule has 2 heterocycles. The summed E-state index contributed by atoms with van der Waals surface area (Å²) in [5.41, 5.74) is 9.47. The third kappa shape index (κ3) is 3.02. The van der Waals surface area contributed by atoms with Gasteiger partial charge in [0.2, 0.25) is 0 Å². The number of nitrogens with one attached hydrogen (secondary N) is 2. The Morgan fingerprint density at radius 3 is 2.62 bits per heavy atom. The number of benzene rings is 2. The van der Waals surface area contributed by atoms with Gasteiger partial charge in [-0.25, -0.2) is 0 Å². The Bertz CT molecular complexity index is 1030. The second-order valence-electron chi connectivity index (χ2n) is 6.21. The summed E-state index contributed by atoms with van der Waals surface area (Å²) in [6, 6.07) is 14.5. The van der Waals surface area contributed by atoms with Crippen LogP contribution in [0.15, 0.2) is 48.5 Å². The molecule has 0 spiro atoms. The fourth-order valence-electron chi connectivity index (χ4n) is 3.06. The molecule has 1 aliphatic heterocycles. The lowest BCUT2D eigenvalue weighted by Gasteiger charge is -2.10. The Morgan fingerprint density at radius 1 is 0.962 bits per heavy atom. The molecule has 0 radical (unpaired) electrons. The Labute approximate surface area is 150 Å². The zero-order chi connectivity index (χ0) is 18.1. The van der Waals surface area contributed by atoms with Crippen LogP contribution in [0.1, 0.15) is 37.5 Å². The SMILES string of the molecule is Cc1cc(C(=O)NNC(=O)c2ccc3c(c2)COC3)c2ccccc2n1. The van der Waals surface area contributed by atoms with Crippen LogP contribution in [-0.2, 0) is 18.0 Å². The second kappa shape index (κ2) is 6.57. The van der Waals surface area contributed by atoms with Gasteiger partial charge in [0, 0.05) is 16.6 Å². The molecule has 0 saturated heterocycles. The number of ether oxygens (including phenoxy) is 1. The number of nitrogens with zero attached hydrogens (tertiary/aromatic N) is 1. The van der Waals surface area contributed by atoms with Gasteiger partial charge >= 0.3 is 0 Å². The largest absolute Gasteiger partial charge is 0.372 e. The molecule has 1 aliphatic rings. The minimum absolute atomic E-state index is 0.372. The number of hydrogen-bond donors (Lipinski definition) is 2. The van der Waals surface area contributed by atoms with Crippen molar-refractivity contribution >= 4 is 22.7 Å². The van der Waals surface area contributed by atoms with Crippen molar-refractivity contribution < 1.29 is 14.3 Å². The Morgan fingerprint density at radius 2 is 1.73 bits per heavy atom. The maximum Gasteiger partial charge on any atom is 0.270 e. The van der Waals surface area contributed by atoms with E-state index < -0.39 is 0 Å². The highest BCUT2D eigenvalue weighted by Gasteiger charge is 2.16. The molecule has 0 bridgehead atoms. The molecule has 2 aromatic carbocycles. The summed E-state index contributed by atoms with van der Waals surface area (Å²) >= 11 is 0. The van der Waals surface area contributed by atoms with Crippen molar-refractivity contribution in [2.24, 2.45) is 0 Å². The summed E-state index contributed by atoms with van der Waals surface area (Å²) in [5, 5.41) is 0.736. The van der Waals surface area contributed by atoms with E-state index in [1.54, 1.807) is 18.2 Å². The summed E-state index contributed by atoms with van der Waals surface area (Å²) in [6.45, 7) is 2.90. The number of carbonyl (C=O) groups excluding carboxylic acids is 2. The van der Waals surface area contributed by atoms with Gasteiger partial charge in [0.05, 0.1) is 24.3 Å². The molecule has 4 rings (SSSR count). The highest BCUT2D eigenvalue weighted by Crippen LogP contribution is 2.21. The molecule has 1 aromatic heterocycles. The van der Waals surface area contributed by atoms with Gasteiger partial charge in [0.1, 0.15) is 0 Å². The first-order valence-electron chi connectivity index (χ1n) is 8.28. The first-order chi connectivity index (χ1) is 12.6. The molecule has 0 atom stereocenters. The molecular formula is C20H17N3O3.